The van der Waals surface area contributed by atoms with Crippen molar-refractivity contribution in [2.45, 2.75) is 13.0 Å². The summed E-state index contributed by atoms with van der Waals surface area (Å²) in [6, 6.07) is 10.7. The molecule has 3 aromatic rings. The van der Waals surface area contributed by atoms with Crippen LogP contribution in [-0.4, -0.2) is 17.2 Å². The highest BCUT2D eigenvalue weighted by Crippen LogP contribution is 2.32. The Morgan fingerprint density at radius 1 is 1.20 bits per heavy atom. The molecular weight excluding hydrogens is 280 g/mol. The van der Waals surface area contributed by atoms with Crippen molar-refractivity contribution in [2.75, 3.05) is 0 Å². The number of carboxylic acid groups (broad SMARTS) is 1. The second-order valence-corrected chi connectivity index (χ2v) is 4.94. The summed E-state index contributed by atoms with van der Waals surface area (Å²) >= 11 is 5.93. The summed E-state index contributed by atoms with van der Waals surface area (Å²) < 4.78 is 11.0. The maximum Gasteiger partial charge on any atom is 0.344 e. The minimum atomic E-state index is -1.01. The largest absolute Gasteiger partial charge is 0.479 e. The average molecular weight is 291 g/mol. The Kier molecular flexibility index (Phi) is 3.03. The van der Waals surface area contributed by atoms with Gasteiger partial charge in [-0.1, -0.05) is 11.6 Å². The lowest BCUT2D eigenvalue weighted by atomic mass is 10.1. The lowest BCUT2D eigenvalue weighted by Gasteiger charge is -2.09. The van der Waals surface area contributed by atoms with Gasteiger partial charge in [-0.2, -0.15) is 0 Å². The van der Waals surface area contributed by atoms with Gasteiger partial charge in [-0.25, -0.2) is 4.79 Å². The van der Waals surface area contributed by atoms with Crippen LogP contribution in [0.3, 0.4) is 0 Å². The summed E-state index contributed by atoms with van der Waals surface area (Å²) in [5, 5.41) is 11.3. The summed E-state index contributed by atoms with van der Waals surface area (Å²) in [7, 11) is 0. The first kappa shape index (κ1) is 12.8. The first-order valence-corrected chi connectivity index (χ1v) is 6.43. The lowest BCUT2D eigenvalue weighted by Crippen LogP contribution is -2.22. The van der Waals surface area contributed by atoms with Crippen molar-refractivity contribution in [3.63, 3.8) is 0 Å². The van der Waals surface area contributed by atoms with E-state index in [1.165, 1.54) is 6.92 Å². The second-order valence-electron chi connectivity index (χ2n) is 4.50. The van der Waals surface area contributed by atoms with E-state index in [1.807, 2.05) is 12.1 Å². The fraction of sp³-hybridized carbons (Fsp3) is 0.133. The molecule has 2 aromatic carbocycles. The van der Waals surface area contributed by atoms with E-state index in [-0.39, 0.29) is 0 Å². The second kappa shape index (κ2) is 4.72. The molecule has 0 bridgehead atoms. The number of fused-ring (bicyclic) bond motifs is 3. The number of furan rings is 1. The predicted octanol–water partition coefficient (Wildman–Crippen LogP) is 4.09. The number of benzene rings is 2. The van der Waals surface area contributed by atoms with Crippen LogP contribution in [0, 0.1) is 0 Å². The lowest BCUT2D eigenvalue weighted by molar-refractivity contribution is -0.144. The van der Waals surface area contributed by atoms with Gasteiger partial charge in [-0.15, -0.1) is 0 Å². The third kappa shape index (κ3) is 2.18. The molecule has 1 N–H and O–H groups in total. The monoisotopic (exact) mass is 290 g/mol. The molecule has 1 atom stereocenters. The molecule has 102 valence electrons. The van der Waals surface area contributed by atoms with Crippen LogP contribution in [0.15, 0.2) is 40.8 Å². The molecule has 1 heterocycles. The highest BCUT2D eigenvalue weighted by Gasteiger charge is 2.14. The van der Waals surface area contributed by atoms with Crippen LogP contribution >= 0.6 is 11.6 Å². The molecule has 0 aliphatic rings. The summed E-state index contributed by atoms with van der Waals surface area (Å²) in [5.74, 6) is -0.556. The minimum Gasteiger partial charge on any atom is -0.479 e. The summed E-state index contributed by atoms with van der Waals surface area (Å²) in [4.78, 5) is 10.8. The Morgan fingerprint density at radius 3 is 2.55 bits per heavy atom. The normalized spacial score (nSPS) is 12.7. The van der Waals surface area contributed by atoms with Gasteiger partial charge in [0.25, 0.3) is 0 Å². The molecule has 0 spiro atoms. The SMILES string of the molecule is CC(Oc1ccc2c(c1)oc1cc(Cl)ccc12)C(=O)O. The van der Waals surface area contributed by atoms with Crippen molar-refractivity contribution >= 4 is 39.5 Å². The van der Waals surface area contributed by atoms with Crippen molar-refractivity contribution in [1.82, 2.24) is 0 Å². The third-order valence-electron chi connectivity index (χ3n) is 3.07. The van der Waals surface area contributed by atoms with Gasteiger partial charge in [0, 0.05) is 27.9 Å². The molecule has 0 aliphatic heterocycles. The van der Waals surface area contributed by atoms with Gasteiger partial charge in [-0.05, 0) is 31.2 Å². The molecule has 0 amide bonds. The number of rotatable bonds is 3. The molecule has 20 heavy (non-hydrogen) atoms. The predicted molar refractivity (Wildman–Crippen MR) is 76.5 cm³/mol. The van der Waals surface area contributed by atoms with Gasteiger partial charge >= 0.3 is 5.97 Å². The number of ether oxygens (including phenoxy) is 1. The van der Waals surface area contributed by atoms with E-state index in [1.54, 1.807) is 24.3 Å². The van der Waals surface area contributed by atoms with E-state index < -0.39 is 12.1 Å². The minimum absolute atomic E-state index is 0.456. The Morgan fingerprint density at radius 2 is 1.85 bits per heavy atom. The van der Waals surface area contributed by atoms with E-state index in [4.69, 9.17) is 25.9 Å². The summed E-state index contributed by atoms with van der Waals surface area (Å²) in [5.41, 5.74) is 1.33. The van der Waals surface area contributed by atoms with Crippen LogP contribution in [0.4, 0.5) is 0 Å². The van der Waals surface area contributed by atoms with Crippen LogP contribution < -0.4 is 4.74 Å². The quantitative estimate of drug-likeness (QED) is 0.789. The zero-order chi connectivity index (χ0) is 14.3. The maximum absolute atomic E-state index is 10.8. The van der Waals surface area contributed by atoms with Gasteiger partial charge in [0.1, 0.15) is 16.9 Å². The number of hydrogen-bond donors (Lipinski definition) is 1. The van der Waals surface area contributed by atoms with E-state index in [0.29, 0.717) is 21.9 Å². The van der Waals surface area contributed by atoms with Crippen molar-refractivity contribution in [3.05, 3.63) is 41.4 Å². The van der Waals surface area contributed by atoms with Crippen LogP contribution in [0.5, 0.6) is 5.75 Å². The van der Waals surface area contributed by atoms with Crippen LogP contribution in [0.1, 0.15) is 6.92 Å². The topological polar surface area (TPSA) is 59.7 Å². The molecule has 1 unspecified atom stereocenters. The van der Waals surface area contributed by atoms with E-state index >= 15 is 0 Å². The fourth-order valence-electron chi connectivity index (χ4n) is 2.06. The van der Waals surface area contributed by atoms with Gasteiger partial charge in [0.15, 0.2) is 6.10 Å². The number of halogens is 1. The van der Waals surface area contributed by atoms with E-state index in [2.05, 4.69) is 0 Å². The van der Waals surface area contributed by atoms with Crippen LogP contribution in [0.25, 0.3) is 21.9 Å². The molecule has 1 aromatic heterocycles. The average Bonchev–Trinajstić information content (AvgIpc) is 2.74. The van der Waals surface area contributed by atoms with Gasteiger partial charge in [0.2, 0.25) is 0 Å². The molecule has 0 aliphatic carbocycles. The summed E-state index contributed by atoms with van der Waals surface area (Å²) in [6.07, 6.45) is -0.911. The molecule has 0 radical (unpaired) electrons. The zero-order valence-corrected chi connectivity index (χ0v) is 11.3. The molecule has 0 saturated carbocycles. The van der Waals surface area contributed by atoms with Crippen molar-refractivity contribution in [3.8, 4) is 5.75 Å². The first-order chi connectivity index (χ1) is 9.54. The van der Waals surface area contributed by atoms with Crippen molar-refractivity contribution in [2.24, 2.45) is 0 Å². The highest BCUT2D eigenvalue weighted by molar-refractivity contribution is 6.31. The standard InChI is InChI=1S/C15H11ClO4/c1-8(15(17)18)19-10-3-5-12-11-4-2-9(16)6-13(11)20-14(12)7-10/h2-8H,1H3,(H,17,18). The number of aliphatic carboxylic acids is 1. The fourth-order valence-corrected chi connectivity index (χ4v) is 2.22. The van der Waals surface area contributed by atoms with Gasteiger partial charge in [0.05, 0.1) is 0 Å². The smallest absolute Gasteiger partial charge is 0.344 e. The number of carboxylic acids is 1. The molecule has 5 heteroatoms. The maximum atomic E-state index is 10.8. The van der Waals surface area contributed by atoms with E-state index in [9.17, 15) is 4.79 Å². The van der Waals surface area contributed by atoms with Crippen molar-refractivity contribution < 1.29 is 19.1 Å². The third-order valence-corrected chi connectivity index (χ3v) is 3.30. The molecule has 4 nitrogen and oxygen atoms in total. The Balaban J connectivity index is 2.07. The van der Waals surface area contributed by atoms with Crippen molar-refractivity contribution in [1.29, 1.82) is 0 Å². The number of hydrogen-bond acceptors (Lipinski definition) is 3. The van der Waals surface area contributed by atoms with Crippen LogP contribution in [0.2, 0.25) is 5.02 Å². The Labute approximate surface area is 119 Å². The molecular formula is C15H11ClO4. The first-order valence-electron chi connectivity index (χ1n) is 6.06. The van der Waals surface area contributed by atoms with Gasteiger partial charge in [-0.3, -0.25) is 0 Å². The van der Waals surface area contributed by atoms with E-state index in [0.717, 1.165) is 10.8 Å². The Bertz CT molecular complexity index is 806. The molecule has 0 fully saturated rings. The number of carbonyl (C=O) groups is 1. The summed E-state index contributed by atoms with van der Waals surface area (Å²) in [6.45, 7) is 1.48. The van der Waals surface area contributed by atoms with Crippen LogP contribution in [-0.2, 0) is 4.79 Å². The zero-order valence-electron chi connectivity index (χ0n) is 10.6. The molecule has 3 rings (SSSR count). The molecule has 0 saturated heterocycles. The highest BCUT2D eigenvalue weighted by atomic mass is 35.5. The Hall–Kier alpha value is -2.20. The van der Waals surface area contributed by atoms with Gasteiger partial charge < -0.3 is 14.3 Å².